The lowest BCUT2D eigenvalue weighted by atomic mass is 10.1. The predicted octanol–water partition coefficient (Wildman–Crippen LogP) is 2.66. The molecule has 4 nitrogen and oxygen atoms in total. The number of carbonyl (C=O) groups is 1. The van der Waals surface area contributed by atoms with Crippen molar-refractivity contribution in [3.63, 3.8) is 0 Å². The molecule has 2 aromatic heterocycles. The zero-order chi connectivity index (χ0) is 11.5. The number of rotatable bonds is 3. The summed E-state index contributed by atoms with van der Waals surface area (Å²) in [5.74, 6) is -0.0763. The van der Waals surface area contributed by atoms with Gasteiger partial charge in [-0.15, -0.1) is 0 Å². The largest absolute Gasteiger partial charge is 0.323 e. The molecule has 84 valence electrons. The minimum atomic E-state index is -0.0763. The van der Waals surface area contributed by atoms with Crippen LogP contribution < -0.4 is 5.32 Å². The lowest BCUT2D eigenvalue weighted by molar-refractivity contribution is -0.114. The van der Waals surface area contributed by atoms with Crippen molar-refractivity contribution >= 4 is 22.9 Å². The van der Waals surface area contributed by atoms with E-state index in [2.05, 4.69) is 15.5 Å². The lowest BCUT2D eigenvalue weighted by Crippen LogP contribution is -2.07. The van der Waals surface area contributed by atoms with E-state index < -0.39 is 0 Å². The summed E-state index contributed by atoms with van der Waals surface area (Å²) in [6.45, 7) is 3.53. The minimum absolute atomic E-state index is 0.0763. The maximum Gasteiger partial charge on any atom is 0.221 e. The maximum absolute atomic E-state index is 11.2. The number of hydrogen-bond acceptors (Lipinski definition) is 3. The van der Waals surface area contributed by atoms with Gasteiger partial charge >= 0.3 is 0 Å². The summed E-state index contributed by atoms with van der Waals surface area (Å²) in [6.07, 6.45) is 0.812. The molecule has 0 saturated carbocycles. The van der Waals surface area contributed by atoms with Crippen molar-refractivity contribution in [2.45, 2.75) is 20.3 Å². The van der Waals surface area contributed by atoms with E-state index in [1.165, 1.54) is 6.92 Å². The van der Waals surface area contributed by atoms with Crippen molar-refractivity contribution in [1.82, 2.24) is 10.2 Å². The van der Waals surface area contributed by atoms with Crippen LogP contribution in [0.15, 0.2) is 16.8 Å². The fourth-order valence-corrected chi connectivity index (χ4v) is 2.19. The first-order valence-corrected chi connectivity index (χ1v) is 6.04. The first kappa shape index (κ1) is 10.9. The van der Waals surface area contributed by atoms with Gasteiger partial charge in [-0.3, -0.25) is 9.89 Å². The quantitative estimate of drug-likeness (QED) is 0.859. The Balaban J connectivity index is 2.45. The van der Waals surface area contributed by atoms with Gasteiger partial charge in [-0.25, -0.2) is 0 Å². The van der Waals surface area contributed by atoms with Crippen LogP contribution >= 0.6 is 11.3 Å². The lowest BCUT2D eigenvalue weighted by Gasteiger charge is -2.03. The zero-order valence-corrected chi connectivity index (χ0v) is 10.0. The molecular weight excluding hydrogens is 222 g/mol. The molecule has 0 aromatic carbocycles. The van der Waals surface area contributed by atoms with Crippen molar-refractivity contribution < 1.29 is 4.79 Å². The number of nitrogens with one attached hydrogen (secondary N) is 2. The third-order valence-electron chi connectivity index (χ3n) is 2.29. The molecule has 0 radical (unpaired) electrons. The average molecular weight is 235 g/mol. The van der Waals surface area contributed by atoms with Crippen LogP contribution in [0.3, 0.4) is 0 Å². The van der Waals surface area contributed by atoms with E-state index in [0.717, 1.165) is 29.1 Å². The molecule has 2 rings (SSSR count). The normalized spacial score (nSPS) is 10.4. The summed E-state index contributed by atoms with van der Waals surface area (Å²) >= 11 is 1.61. The number of aromatic nitrogens is 2. The van der Waals surface area contributed by atoms with Gasteiger partial charge < -0.3 is 5.32 Å². The number of H-pyrrole nitrogens is 1. The summed E-state index contributed by atoms with van der Waals surface area (Å²) in [7, 11) is 0. The molecule has 0 bridgehead atoms. The number of carbonyl (C=O) groups excluding carboxylic acids is 1. The van der Waals surface area contributed by atoms with Crippen molar-refractivity contribution in [2.75, 3.05) is 5.32 Å². The number of amides is 1. The van der Waals surface area contributed by atoms with Crippen LogP contribution in [0.1, 0.15) is 19.5 Å². The Hall–Kier alpha value is -1.62. The fraction of sp³-hybridized carbons (Fsp3) is 0.273. The molecule has 0 aliphatic heterocycles. The molecule has 0 atom stereocenters. The van der Waals surface area contributed by atoms with Crippen LogP contribution in [0.4, 0.5) is 5.69 Å². The van der Waals surface area contributed by atoms with E-state index in [-0.39, 0.29) is 5.91 Å². The van der Waals surface area contributed by atoms with Gasteiger partial charge in [-0.2, -0.15) is 16.4 Å². The molecule has 2 heterocycles. The van der Waals surface area contributed by atoms with Crippen LogP contribution in [0.5, 0.6) is 0 Å². The van der Waals surface area contributed by atoms with E-state index in [1.807, 2.05) is 23.8 Å². The fourth-order valence-electron chi connectivity index (χ4n) is 1.55. The molecule has 0 aliphatic carbocycles. The molecular formula is C11H13N3OS. The predicted molar refractivity (Wildman–Crippen MR) is 65.6 cm³/mol. The first-order chi connectivity index (χ1) is 7.72. The highest BCUT2D eigenvalue weighted by molar-refractivity contribution is 7.08. The van der Waals surface area contributed by atoms with Crippen LogP contribution in [0, 0.1) is 0 Å². The third-order valence-corrected chi connectivity index (χ3v) is 2.97. The smallest absolute Gasteiger partial charge is 0.221 e. The Kier molecular flexibility index (Phi) is 3.05. The van der Waals surface area contributed by atoms with Crippen molar-refractivity contribution in [2.24, 2.45) is 0 Å². The Labute approximate surface area is 97.7 Å². The molecule has 1 amide bonds. The average Bonchev–Trinajstić information content (AvgIpc) is 2.84. The number of hydrogen-bond donors (Lipinski definition) is 2. The summed E-state index contributed by atoms with van der Waals surface area (Å²) in [5.41, 5.74) is 3.60. The Morgan fingerprint density at radius 3 is 3.00 bits per heavy atom. The molecule has 0 saturated heterocycles. The van der Waals surface area contributed by atoms with Crippen LogP contribution in [-0.2, 0) is 11.2 Å². The van der Waals surface area contributed by atoms with E-state index in [0.29, 0.717) is 0 Å². The second-order valence-corrected chi connectivity index (χ2v) is 4.25. The molecule has 0 spiro atoms. The second-order valence-electron chi connectivity index (χ2n) is 3.47. The van der Waals surface area contributed by atoms with Gasteiger partial charge in [0.15, 0.2) is 0 Å². The number of nitrogens with zero attached hydrogens (tertiary/aromatic N) is 1. The van der Waals surface area contributed by atoms with Crippen LogP contribution in [-0.4, -0.2) is 16.1 Å². The Morgan fingerprint density at radius 2 is 2.44 bits per heavy atom. The standard InChI is InChI=1S/C11H13N3OS/c1-3-9-11(12-7(2)15)10(14-13-9)8-4-5-16-6-8/h4-6H,3H2,1-2H3,(H,12,15)(H,13,14). The van der Waals surface area contributed by atoms with Gasteiger partial charge in [0.05, 0.1) is 11.4 Å². The Bertz CT molecular complexity index is 487. The van der Waals surface area contributed by atoms with Crippen molar-refractivity contribution in [3.05, 3.63) is 22.5 Å². The third kappa shape index (κ3) is 1.99. The molecule has 16 heavy (non-hydrogen) atoms. The Morgan fingerprint density at radius 1 is 1.62 bits per heavy atom. The van der Waals surface area contributed by atoms with E-state index in [4.69, 9.17) is 0 Å². The SMILES string of the molecule is CCc1[nH]nc(-c2ccsc2)c1NC(C)=O. The van der Waals surface area contributed by atoms with Gasteiger partial charge in [-0.1, -0.05) is 6.92 Å². The summed E-state index contributed by atoms with van der Waals surface area (Å²) in [5, 5.41) is 14.0. The topological polar surface area (TPSA) is 57.8 Å². The molecule has 0 unspecified atom stereocenters. The highest BCUT2D eigenvalue weighted by atomic mass is 32.1. The summed E-state index contributed by atoms with van der Waals surface area (Å²) < 4.78 is 0. The molecule has 0 aliphatic rings. The van der Waals surface area contributed by atoms with Gasteiger partial charge in [0.1, 0.15) is 5.69 Å². The van der Waals surface area contributed by atoms with E-state index in [9.17, 15) is 4.79 Å². The molecule has 5 heteroatoms. The van der Waals surface area contributed by atoms with Crippen LogP contribution in [0.25, 0.3) is 11.3 Å². The monoisotopic (exact) mass is 235 g/mol. The second kappa shape index (κ2) is 4.49. The maximum atomic E-state index is 11.2. The highest BCUT2D eigenvalue weighted by Gasteiger charge is 2.14. The van der Waals surface area contributed by atoms with Gasteiger partial charge in [0.25, 0.3) is 0 Å². The van der Waals surface area contributed by atoms with E-state index in [1.54, 1.807) is 11.3 Å². The zero-order valence-electron chi connectivity index (χ0n) is 9.20. The van der Waals surface area contributed by atoms with Gasteiger partial charge in [0, 0.05) is 17.9 Å². The number of aromatic amines is 1. The summed E-state index contributed by atoms with van der Waals surface area (Å²) in [6, 6.07) is 1.99. The highest BCUT2D eigenvalue weighted by Crippen LogP contribution is 2.30. The van der Waals surface area contributed by atoms with Crippen molar-refractivity contribution in [1.29, 1.82) is 0 Å². The number of anilines is 1. The minimum Gasteiger partial charge on any atom is -0.323 e. The number of aryl methyl sites for hydroxylation is 1. The van der Waals surface area contributed by atoms with Crippen molar-refractivity contribution in [3.8, 4) is 11.3 Å². The number of thiophene rings is 1. The van der Waals surface area contributed by atoms with Crippen LogP contribution in [0.2, 0.25) is 0 Å². The first-order valence-electron chi connectivity index (χ1n) is 5.09. The van der Waals surface area contributed by atoms with Gasteiger partial charge in [-0.05, 0) is 17.9 Å². The van der Waals surface area contributed by atoms with E-state index >= 15 is 0 Å². The van der Waals surface area contributed by atoms with Gasteiger partial charge in [0.2, 0.25) is 5.91 Å². The molecule has 2 aromatic rings. The molecule has 0 fully saturated rings. The molecule has 2 N–H and O–H groups in total. The summed E-state index contributed by atoms with van der Waals surface area (Å²) in [4.78, 5) is 11.2.